The molecule has 1 aromatic carbocycles. The number of methoxy groups -OCH3 is 1. The Hall–Kier alpha value is -2.12. The lowest BCUT2D eigenvalue weighted by Gasteiger charge is -2.35. The summed E-state index contributed by atoms with van der Waals surface area (Å²) in [6, 6.07) is 6.93. The van der Waals surface area contributed by atoms with Crippen LogP contribution in [0.4, 0.5) is 16.2 Å². The van der Waals surface area contributed by atoms with E-state index in [1.807, 2.05) is 6.92 Å². The molecule has 0 aromatic heterocycles. The van der Waals surface area contributed by atoms with Gasteiger partial charge in [0.25, 0.3) is 0 Å². The van der Waals surface area contributed by atoms with Crippen molar-refractivity contribution in [3.8, 4) is 0 Å². The third-order valence-electron chi connectivity index (χ3n) is 4.44. The predicted molar refractivity (Wildman–Crippen MR) is 94.4 cm³/mol. The van der Waals surface area contributed by atoms with Crippen molar-refractivity contribution < 1.29 is 14.3 Å². The number of benzene rings is 1. The first-order valence-electron chi connectivity index (χ1n) is 8.07. The molecule has 1 heterocycles. The lowest BCUT2D eigenvalue weighted by Crippen LogP contribution is -2.51. The zero-order valence-electron chi connectivity index (χ0n) is 14.8. The maximum Gasteiger partial charge on any atom is 0.413 e. The van der Waals surface area contributed by atoms with Crippen molar-refractivity contribution in [1.29, 1.82) is 0 Å². The number of hydrogen-bond acceptors (Lipinski definition) is 5. The first-order chi connectivity index (χ1) is 11.4. The number of piperazine rings is 1. The molecule has 0 spiro atoms. The topological polar surface area (TPSA) is 65.1 Å². The molecule has 7 heteroatoms. The van der Waals surface area contributed by atoms with Gasteiger partial charge in [0.1, 0.15) is 0 Å². The minimum Gasteiger partial charge on any atom is -0.452 e. The first-order valence-corrected chi connectivity index (χ1v) is 8.07. The van der Waals surface area contributed by atoms with Gasteiger partial charge < -0.3 is 15.0 Å². The van der Waals surface area contributed by atoms with Crippen molar-refractivity contribution in [3.63, 3.8) is 0 Å². The van der Waals surface area contributed by atoms with Crippen molar-refractivity contribution in [2.75, 3.05) is 57.6 Å². The van der Waals surface area contributed by atoms with Crippen LogP contribution in [0.1, 0.15) is 6.92 Å². The summed E-state index contributed by atoms with van der Waals surface area (Å²) in [6.07, 6.45) is -0.435. The fraction of sp³-hybridized carbons (Fsp3) is 0.529. The molecule has 0 aliphatic carbocycles. The van der Waals surface area contributed by atoms with E-state index in [-0.39, 0.29) is 11.9 Å². The molecule has 1 aromatic rings. The Morgan fingerprint density at radius 2 is 1.75 bits per heavy atom. The largest absolute Gasteiger partial charge is 0.452 e. The Labute approximate surface area is 143 Å². The van der Waals surface area contributed by atoms with Gasteiger partial charge in [0, 0.05) is 44.6 Å². The highest BCUT2D eigenvalue weighted by atomic mass is 16.5. The molecule has 1 aliphatic rings. The van der Waals surface area contributed by atoms with Gasteiger partial charge >= 0.3 is 6.09 Å². The van der Waals surface area contributed by atoms with Gasteiger partial charge in [-0.3, -0.25) is 14.6 Å². The fourth-order valence-corrected chi connectivity index (χ4v) is 2.63. The standard InChI is InChI=1S/C17H26N4O3/c1-13(21-11-9-19(2)10-12-21)16(22)18-14-5-7-15(8-6-14)20(3)17(23)24-4/h5-8,13H,9-12H2,1-4H3,(H,18,22)/t13-/m0/s1. The number of anilines is 2. The maximum atomic E-state index is 12.4. The smallest absolute Gasteiger partial charge is 0.413 e. The molecule has 1 fully saturated rings. The molecule has 2 amide bonds. The van der Waals surface area contributed by atoms with Gasteiger partial charge in [0.2, 0.25) is 5.91 Å². The van der Waals surface area contributed by atoms with Crippen molar-refractivity contribution in [2.24, 2.45) is 0 Å². The molecule has 2 rings (SSSR count). The fourth-order valence-electron chi connectivity index (χ4n) is 2.63. The van der Waals surface area contributed by atoms with Gasteiger partial charge in [-0.1, -0.05) is 0 Å². The van der Waals surface area contributed by atoms with Crippen LogP contribution < -0.4 is 10.2 Å². The molecule has 0 saturated carbocycles. The third-order valence-corrected chi connectivity index (χ3v) is 4.44. The van der Waals surface area contributed by atoms with Gasteiger partial charge in [-0.05, 0) is 38.2 Å². The lowest BCUT2D eigenvalue weighted by molar-refractivity contribution is -0.121. The average molecular weight is 334 g/mol. The molecule has 1 atom stereocenters. The highest BCUT2D eigenvalue weighted by Crippen LogP contribution is 2.18. The van der Waals surface area contributed by atoms with Gasteiger partial charge in [-0.2, -0.15) is 0 Å². The van der Waals surface area contributed by atoms with Crippen LogP contribution in [0.5, 0.6) is 0 Å². The van der Waals surface area contributed by atoms with Gasteiger partial charge in [-0.25, -0.2) is 4.79 Å². The Morgan fingerprint density at radius 1 is 1.17 bits per heavy atom. The quantitative estimate of drug-likeness (QED) is 0.903. The SMILES string of the molecule is COC(=O)N(C)c1ccc(NC(=O)[C@H](C)N2CCN(C)CC2)cc1. The molecule has 0 unspecified atom stereocenters. The van der Waals surface area contributed by atoms with E-state index in [0.717, 1.165) is 26.2 Å². The van der Waals surface area contributed by atoms with E-state index in [1.54, 1.807) is 31.3 Å². The molecule has 0 radical (unpaired) electrons. The number of ether oxygens (including phenoxy) is 1. The number of hydrogen-bond donors (Lipinski definition) is 1. The van der Waals surface area contributed by atoms with Crippen LogP contribution in [-0.2, 0) is 9.53 Å². The van der Waals surface area contributed by atoms with Gasteiger partial charge in [0.15, 0.2) is 0 Å². The van der Waals surface area contributed by atoms with Crippen molar-refractivity contribution in [1.82, 2.24) is 9.80 Å². The summed E-state index contributed by atoms with van der Waals surface area (Å²) < 4.78 is 4.68. The van der Waals surface area contributed by atoms with E-state index in [9.17, 15) is 9.59 Å². The van der Waals surface area contributed by atoms with Crippen LogP contribution in [0.25, 0.3) is 0 Å². The highest BCUT2D eigenvalue weighted by Gasteiger charge is 2.24. The number of nitrogens with zero attached hydrogens (tertiary/aromatic N) is 3. The van der Waals surface area contributed by atoms with Gasteiger partial charge in [0.05, 0.1) is 13.2 Å². The van der Waals surface area contributed by atoms with E-state index < -0.39 is 6.09 Å². The number of carbonyl (C=O) groups excluding carboxylic acids is 2. The third kappa shape index (κ3) is 4.46. The van der Waals surface area contributed by atoms with E-state index in [2.05, 4.69) is 26.9 Å². The van der Waals surface area contributed by atoms with E-state index in [4.69, 9.17) is 0 Å². The normalized spacial score (nSPS) is 17.2. The van der Waals surface area contributed by atoms with Crippen LogP contribution in [0, 0.1) is 0 Å². The summed E-state index contributed by atoms with van der Waals surface area (Å²) in [4.78, 5) is 29.8. The zero-order chi connectivity index (χ0) is 17.7. The number of amides is 2. The average Bonchev–Trinajstić information content (AvgIpc) is 2.61. The Morgan fingerprint density at radius 3 is 2.29 bits per heavy atom. The van der Waals surface area contributed by atoms with Crippen molar-refractivity contribution >= 4 is 23.4 Å². The maximum absolute atomic E-state index is 12.4. The molecule has 7 nitrogen and oxygen atoms in total. The summed E-state index contributed by atoms with van der Waals surface area (Å²) in [7, 11) is 5.07. The second-order valence-corrected chi connectivity index (χ2v) is 6.08. The molecular formula is C17H26N4O3. The highest BCUT2D eigenvalue weighted by molar-refractivity contribution is 5.95. The number of nitrogens with one attached hydrogen (secondary N) is 1. The number of likely N-dealkylation sites (N-methyl/N-ethyl adjacent to an activating group) is 1. The molecule has 1 saturated heterocycles. The predicted octanol–water partition coefficient (Wildman–Crippen LogP) is 1.46. The van der Waals surface area contributed by atoms with E-state index in [1.165, 1.54) is 12.0 Å². The van der Waals surface area contributed by atoms with Crippen LogP contribution in [0.3, 0.4) is 0 Å². The van der Waals surface area contributed by atoms with Crippen LogP contribution in [-0.4, -0.2) is 75.2 Å². The van der Waals surface area contributed by atoms with E-state index >= 15 is 0 Å². The summed E-state index contributed by atoms with van der Waals surface area (Å²) in [6.45, 7) is 5.68. The molecule has 132 valence electrons. The molecule has 0 bridgehead atoms. The summed E-state index contributed by atoms with van der Waals surface area (Å²) >= 11 is 0. The number of carbonyl (C=O) groups is 2. The first kappa shape index (κ1) is 18.2. The monoisotopic (exact) mass is 334 g/mol. The minimum atomic E-state index is -0.435. The van der Waals surface area contributed by atoms with Crippen molar-refractivity contribution in [2.45, 2.75) is 13.0 Å². The second-order valence-electron chi connectivity index (χ2n) is 6.08. The van der Waals surface area contributed by atoms with Crippen molar-refractivity contribution in [3.05, 3.63) is 24.3 Å². The minimum absolute atomic E-state index is 0.0198. The second kappa shape index (κ2) is 8.12. The summed E-state index contributed by atoms with van der Waals surface area (Å²) in [5.74, 6) is -0.0198. The molecular weight excluding hydrogens is 308 g/mol. The zero-order valence-corrected chi connectivity index (χ0v) is 14.8. The van der Waals surface area contributed by atoms with E-state index in [0.29, 0.717) is 11.4 Å². The van der Waals surface area contributed by atoms with Gasteiger partial charge in [-0.15, -0.1) is 0 Å². The number of rotatable bonds is 4. The summed E-state index contributed by atoms with van der Waals surface area (Å²) in [5, 5.41) is 2.93. The summed E-state index contributed by atoms with van der Waals surface area (Å²) in [5.41, 5.74) is 1.41. The van der Waals surface area contributed by atoms with Crippen LogP contribution in [0.2, 0.25) is 0 Å². The Balaban J connectivity index is 1.93. The molecule has 1 aliphatic heterocycles. The Bertz CT molecular complexity index is 568. The van der Waals surface area contributed by atoms with Crippen LogP contribution >= 0.6 is 0 Å². The molecule has 24 heavy (non-hydrogen) atoms. The molecule has 1 N–H and O–H groups in total. The van der Waals surface area contributed by atoms with Crippen LogP contribution in [0.15, 0.2) is 24.3 Å². The lowest BCUT2D eigenvalue weighted by atomic mass is 10.2. The Kier molecular flexibility index (Phi) is 6.16.